The standard InChI is InChI=1S/C16H23BrO3/c17-14-6-3-7-15(10-14)20-9-8-16(11-18,12-19)13-4-1-2-5-13/h3,6-7,10,13,18-19H,1-2,4-5,8-9,11-12H2. The van der Waals surface area contributed by atoms with Gasteiger partial charge in [0.05, 0.1) is 19.8 Å². The molecule has 2 rings (SSSR count). The zero-order chi connectivity index (χ0) is 14.4. The molecule has 0 heterocycles. The Bertz CT molecular complexity index is 412. The monoisotopic (exact) mass is 342 g/mol. The van der Waals surface area contributed by atoms with Crippen molar-refractivity contribution in [3.63, 3.8) is 0 Å². The number of halogens is 1. The molecule has 0 atom stereocenters. The maximum absolute atomic E-state index is 9.76. The summed E-state index contributed by atoms with van der Waals surface area (Å²) in [5.41, 5.74) is -0.386. The third kappa shape index (κ3) is 3.74. The Morgan fingerprint density at radius 2 is 1.90 bits per heavy atom. The van der Waals surface area contributed by atoms with E-state index in [4.69, 9.17) is 4.74 Å². The van der Waals surface area contributed by atoms with Crippen molar-refractivity contribution < 1.29 is 14.9 Å². The topological polar surface area (TPSA) is 49.7 Å². The average Bonchev–Trinajstić information content (AvgIpc) is 2.99. The molecule has 0 amide bonds. The van der Waals surface area contributed by atoms with Crippen LogP contribution in [0.2, 0.25) is 0 Å². The molecule has 1 aromatic carbocycles. The van der Waals surface area contributed by atoms with E-state index in [1.54, 1.807) is 0 Å². The summed E-state index contributed by atoms with van der Waals surface area (Å²) >= 11 is 3.41. The lowest BCUT2D eigenvalue weighted by Crippen LogP contribution is -2.38. The highest BCUT2D eigenvalue weighted by Gasteiger charge is 2.39. The van der Waals surface area contributed by atoms with Crippen molar-refractivity contribution in [2.45, 2.75) is 32.1 Å². The van der Waals surface area contributed by atoms with E-state index < -0.39 is 0 Å². The summed E-state index contributed by atoms with van der Waals surface area (Å²) in [6.45, 7) is 0.597. The van der Waals surface area contributed by atoms with Gasteiger partial charge >= 0.3 is 0 Å². The first kappa shape index (κ1) is 15.8. The Hall–Kier alpha value is -0.580. The Morgan fingerprint density at radius 3 is 2.50 bits per heavy atom. The predicted molar refractivity (Wildman–Crippen MR) is 82.8 cm³/mol. The van der Waals surface area contributed by atoms with Gasteiger partial charge in [0.2, 0.25) is 0 Å². The molecule has 0 radical (unpaired) electrons. The number of benzene rings is 1. The SMILES string of the molecule is OCC(CO)(CCOc1cccc(Br)c1)C1CCCC1. The van der Waals surface area contributed by atoms with Gasteiger partial charge in [0, 0.05) is 9.89 Å². The molecule has 0 unspecified atom stereocenters. The smallest absolute Gasteiger partial charge is 0.120 e. The number of ether oxygens (including phenoxy) is 1. The van der Waals surface area contributed by atoms with Crippen LogP contribution in [0.5, 0.6) is 5.75 Å². The molecule has 1 aliphatic rings. The van der Waals surface area contributed by atoms with Crippen LogP contribution in [0.25, 0.3) is 0 Å². The normalized spacial score (nSPS) is 16.6. The van der Waals surface area contributed by atoms with Crippen LogP contribution in [0.4, 0.5) is 0 Å². The second-order valence-corrected chi connectivity index (χ2v) is 6.63. The maximum atomic E-state index is 9.76. The summed E-state index contributed by atoms with van der Waals surface area (Å²) < 4.78 is 6.74. The Labute approximate surface area is 129 Å². The van der Waals surface area contributed by atoms with Gasteiger partial charge in [-0.25, -0.2) is 0 Å². The van der Waals surface area contributed by atoms with Crippen LogP contribution in [-0.4, -0.2) is 30.0 Å². The average molecular weight is 343 g/mol. The van der Waals surface area contributed by atoms with Crippen molar-refractivity contribution in [1.29, 1.82) is 0 Å². The first-order valence-electron chi connectivity index (χ1n) is 7.30. The van der Waals surface area contributed by atoms with Crippen LogP contribution >= 0.6 is 15.9 Å². The zero-order valence-corrected chi connectivity index (χ0v) is 13.3. The van der Waals surface area contributed by atoms with E-state index in [0.717, 1.165) is 23.1 Å². The van der Waals surface area contributed by atoms with E-state index in [0.29, 0.717) is 18.9 Å². The van der Waals surface area contributed by atoms with Crippen LogP contribution in [0.3, 0.4) is 0 Å². The van der Waals surface area contributed by atoms with Gasteiger partial charge in [0.25, 0.3) is 0 Å². The third-order valence-corrected chi connectivity index (χ3v) is 5.01. The molecule has 4 heteroatoms. The minimum Gasteiger partial charge on any atom is -0.494 e. The predicted octanol–water partition coefficient (Wildman–Crippen LogP) is 3.38. The third-order valence-electron chi connectivity index (χ3n) is 4.52. The fraction of sp³-hybridized carbons (Fsp3) is 0.625. The molecule has 1 fully saturated rings. The van der Waals surface area contributed by atoms with Gasteiger partial charge in [-0.1, -0.05) is 34.8 Å². The summed E-state index contributed by atoms with van der Waals surface area (Å²) in [5, 5.41) is 19.5. The lowest BCUT2D eigenvalue weighted by atomic mass is 9.73. The van der Waals surface area contributed by atoms with E-state index in [1.165, 1.54) is 12.8 Å². The highest BCUT2D eigenvalue weighted by Crippen LogP contribution is 2.42. The van der Waals surface area contributed by atoms with Crippen molar-refractivity contribution >= 4 is 15.9 Å². The quantitative estimate of drug-likeness (QED) is 0.798. The van der Waals surface area contributed by atoms with E-state index in [2.05, 4.69) is 15.9 Å². The molecule has 1 aromatic rings. The van der Waals surface area contributed by atoms with E-state index in [1.807, 2.05) is 24.3 Å². The molecule has 20 heavy (non-hydrogen) atoms. The van der Waals surface area contributed by atoms with Crippen LogP contribution in [0.1, 0.15) is 32.1 Å². The molecule has 3 nitrogen and oxygen atoms in total. The minimum atomic E-state index is -0.386. The van der Waals surface area contributed by atoms with E-state index in [-0.39, 0.29) is 18.6 Å². The van der Waals surface area contributed by atoms with Gasteiger partial charge in [-0.15, -0.1) is 0 Å². The number of aliphatic hydroxyl groups is 2. The van der Waals surface area contributed by atoms with Gasteiger partial charge in [0.15, 0.2) is 0 Å². The largest absolute Gasteiger partial charge is 0.494 e. The van der Waals surface area contributed by atoms with Crippen molar-refractivity contribution in [3.8, 4) is 5.75 Å². The highest BCUT2D eigenvalue weighted by atomic mass is 79.9. The fourth-order valence-corrected chi connectivity index (χ4v) is 3.52. The molecular weight excluding hydrogens is 320 g/mol. The molecule has 1 saturated carbocycles. The Balaban J connectivity index is 1.92. The molecule has 0 saturated heterocycles. The fourth-order valence-electron chi connectivity index (χ4n) is 3.14. The van der Waals surface area contributed by atoms with Gasteiger partial charge in [-0.3, -0.25) is 0 Å². The molecule has 0 spiro atoms. The number of aliphatic hydroxyl groups excluding tert-OH is 2. The molecule has 0 aromatic heterocycles. The Morgan fingerprint density at radius 1 is 1.20 bits per heavy atom. The zero-order valence-electron chi connectivity index (χ0n) is 11.7. The summed E-state index contributed by atoms with van der Waals surface area (Å²) in [7, 11) is 0. The molecule has 1 aliphatic carbocycles. The second kappa shape index (κ2) is 7.43. The van der Waals surface area contributed by atoms with Crippen LogP contribution < -0.4 is 4.74 Å². The summed E-state index contributed by atoms with van der Waals surface area (Å²) in [6, 6.07) is 7.73. The summed E-state index contributed by atoms with van der Waals surface area (Å²) in [4.78, 5) is 0. The van der Waals surface area contributed by atoms with Crippen molar-refractivity contribution in [3.05, 3.63) is 28.7 Å². The van der Waals surface area contributed by atoms with Crippen LogP contribution in [0, 0.1) is 11.3 Å². The molecule has 0 aliphatic heterocycles. The first-order chi connectivity index (χ1) is 9.70. The van der Waals surface area contributed by atoms with Crippen molar-refractivity contribution in [1.82, 2.24) is 0 Å². The van der Waals surface area contributed by atoms with Gasteiger partial charge in [0.1, 0.15) is 5.75 Å². The van der Waals surface area contributed by atoms with E-state index >= 15 is 0 Å². The number of hydrogen-bond donors (Lipinski definition) is 2. The lowest BCUT2D eigenvalue weighted by molar-refractivity contribution is -0.0107. The van der Waals surface area contributed by atoms with Crippen LogP contribution in [-0.2, 0) is 0 Å². The molecule has 2 N–H and O–H groups in total. The number of rotatable bonds is 7. The molecule has 0 bridgehead atoms. The van der Waals surface area contributed by atoms with Crippen LogP contribution in [0.15, 0.2) is 28.7 Å². The van der Waals surface area contributed by atoms with E-state index in [9.17, 15) is 10.2 Å². The molecule has 112 valence electrons. The second-order valence-electron chi connectivity index (χ2n) is 5.72. The molecular formula is C16H23BrO3. The number of hydrogen-bond acceptors (Lipinski definition) is 3. The summed E-state index contributed by atoms with van der Waals surface area (Å²) in [6.07, 6.45) is 5.32. The summed E-state index contributed by atoms with van der Waals surface area (Å²) in [5.74, 6) is 1.24. The van der Waals surface area contributed by atoms with Gasteiger partial charge in [-0.2, -0.15) is 0 Å². The highest BCUT2D eigenvalue weighted by molar-refractivity contribution is 9.10. The van der Waals surface area contributed by atoms with Gasteiger partial charge in [-0.05, 0) is 43.4 Å². The Kier molecular flexibility index (Phi) is 5.87. The first-order valence-corrected chi connectivity index (χ1v) is 8.09. The lowest BCUT2D eigenvalue weighted by Gasteiger charge is -2.35. The van der Waals surface area contributed by atoms with Crippen molar-refractivity contribution in [2.75, 3.05) is 19.8 Å². The minimum absolute atomic E-state index is 0.0377. The van der Waals surface area contributed by atoms with Gasteiger partial charge < -0.3 is 14.9 Å². The maximum Gasteiger partial charge on any atom is 0.120 e. The van der Waals surface area contributed by atoms with Crippen molar-refractivity contribution in [2.24, 2.45) is 11.3 Å².